The molecule has 0 aromatic carbocycles. The molecule has 0 saturated carbocycles. The minimum absolute atomic E-state index is 0.637. The molecule has 2 aromatic rings. The van der Waals surface area contributed by atoms with Gasteiger partial charge in [0.15, 0.2) is 11.5 Å². The van der Waals surface area contributed by atoms with Crippen LogP contribution in [0.3, 0.4) is 0 Å². The van der Waals surface area contributed by atoms with Gasteiger partial charge in [-0.05, 0) is 31.3 Å². The van der Waals surface area contributed by atoms with E-state index in [9.17, 15) is 0 Å². The first-order valence-electron chi connectivity index (χ1n) is 7.03. The van der Waals surface area contributed by atoms with Gasteiger partial charge >= 0.3 is 0 Å². The zero-order valence-electron chi connectivity index (χ0n) is 12.1. The third-order valence-corrected chi connectivity index (χ3v) is 3.58. The van der Waals surface area contributed by atoms with Crippen molar-refractivity contribution in [1.82, 2.24) is 19.9 Å². The summed E-state index contributed by atoms with van der Waals surface area (Å²) in [6, 6.07) is 0. The Morgan fingerprint density at radius 3 is 2.90 bits per heavy atom. The second-order valence-electron chi connectivity index (χ2n) is 4.55. The number of hydrogen-bond acceptors (Lipinski definition) is 6. The molecule has 0 aliphatic heterocycles. The largest absolute Gasteiger partial charge is 0.368 e. The van der Waals surface area contributed by atoms with Crippen molar-refractivity contribution >= 4 is 34.7 Å². The summed E-state index contributed by atoms with van der Waals surface area (Å²) in [6.45, 7) is 3.90. The van der Waals surface area contributed by atoms with Gasteiger partial charge in [-0.15, -0.1) is 0 Å². The lowest BCUT2D eigenvalue weighted by atomic mass is 10.3. The van der Waals surface area contributed by atoms with Gasteiger partial charge in [-0.25, -0.2) is 4.98 Å². The number of unbranched alkanes of at least 4 members (excludes halogenated alkanes) is 1. The van der Waals surface area contributed by atoms with E-state index in [2.05, 4.69) is 43.7 Å². The Bertz CT molecular complexity index is 527. The van der Waals surface area contributed by atoms with Gasteiger partial charge in [-0.2, -0.15) is 21.7 Å². The van der Waals surface area contributed by atoms with Crippen LogP contribution >= 0.6 is 11.8 Å². The normalized spacial score (nSPS) is 10.9. The average Bonchev–Trinajstić information content (AvgIpc) is 2.93. The molecule has 20 heavy (non-hydrogen) atoms. The Hall–Kier alpha value is -1.50. The number of nitrogens with one attached hydrogen (secondary N) is 3. The quantitative estimate of drug-likeness (QED) is 0.617. The van der Waals surface area contributed by atoms with Crippen molar-refractivity contribution in [1.29, 1.82) is 0 Å². The fourth-order valence-corrected chi connectivity index (χ4v) is 2.35. The molecule has 0 bridgehead atoms. The molecule has 0 spiro atoms. The van der Waals surface area contributed by atoms with Crippen LogP contribution in [0.2, 0.25) is 0 Å². The smallest absolute Gasteiger partial charge is 0.226 e. The second kappa shape index (κ2) is 7.94. The number of aromatic nitrogens is 4. The van der Waals surface area contributed by atoms with Crippen molar-refractivity contribution in [3.05, 3.63) is 6.33 Å². The lowest BCUT2D eigenvalue weighted by Gasteiger charge is -2.09. The lowest BCUT2D eigenvalue weighted by molar-refractivity contribution is 0.840. The maximum atomic E-state index is 4.52. The molecule has 0 radical (unpaired) electrons. The first-order valence-corrected chi connectivity index (χ1v) is 8.42. The lowest BCUT2D eigenvalue weighted by Crippen LogP contribution is -2.09. The predicted molar refractivity (Wildman–Crippen MR) is 86.6 cm³/mol. The van der Waals surface area contributed by atoms with Crippen LogP contribution in [-0.4, -0.2) is 45.0 Å². The molecule has 2 heterocycles. The van der Waals surface area contributed by atoms with Gasteiger partial charge in [-0.3, -0.25) is 0 Å². The molecule has 0 saturated heterocycles. The first kappa shape index (κ1) is 14.9. The van der Waals surface area contributed by atoms with Gasteiger partial charge in [0, 0.05) is 13.1 Å². The van der Waals surface area contributed by atoms with Crippen molar-refractivity contribution in [2.24, 2.45) is 0 Å². The van der Waals surface area contributed by atoms with Crippen molar-refractivity contribution in [3.8, 4) is 0 Å². The SMILES string of the molecule is CCCNc1nc(NCCCCSC)c2[nH]cnc2n1. The van der Waals surface area contributed by atoms with E-state index < -0.39 is 0 Å². The zero-order chi connectivity index (χ0) is 14.2. The van der Waals surface area contributed by atoms with Crippen molar-refractivity contribution in [2.45, 2.75) is 26.2 Å². The van der Waals surface area contributed by atoms with Crippen LogP contribution in [0.15, 0.2) is 6.33 Å². The highest BCUT2D eigenvalue weighted by molar-refractivity contribution is 7.98. The summed E-state index contributed by atoms with van der Waals surface area (Å²) in [4.78, 5) is 16.2. The van der Waals surface area contributed by atoms with Gasteiger partial charge in [0.05, 0.1) is 6.33 Å². The van der Waals surface area contributed by atoms with Crippen molar-refractivity contribution in [2.75, 3.05) is 35.7 Å². The Morgan fingerprint density at radius 1 is 1.20 bits per heavy atom. The first-order chi connectivity index (χ1) is 9.85. The standard InChI is InChI=1S/C13H22N6S/c1-3-6-15-13-18-11(14-7-4-5-8-20-2)10-12(19-13)17-9-16-10/h9H,3-8H2,1-2H3,(H3,14,15,16,17,18,19). The summed E-state index contributed by atoms with van der Waals surface area (Å²) in [5.74, 6) is 2.67. The number of aromatic amines is 1. The highest BCUT2D eigenvalue weighted by Gasteiger charge is 2.09. The maximum absolute atomic E-state index is 4.52. The molecular weight excluding hydrogens is 272 g/mol. The highest BCUT2D eigenvalue weighted by atomic mass is 32.2. The topological polar surface area (TPSA) is 78.5 Å². The van der Waals surface area contributed by atoms with Crippen LogP contribution in [0.25, 0.3) is 11.2 Å². The van der Waals surface area contributed by atoms with Crippen molar-refractivity contribution in [3.63, 3.8) is 0 Å². The number of rotatable bonds is 9. The number of hydrogen-bond donors (Lipinski definition) is 3. The fraction of sp³-hybridized carbons (Fsp3) is 0.615. The van der Waals surface area contributed by atoms with E-state index in [-0.39, 0.29) is 0 Å². The number of fused-ring (bicyclic) bond motifs is 1. The minimum atomic E-state index is 0.637. The molecular formula is C13H22N6S. The average molecular weight is 294 g/mol. The van der Waals surface area contributed by atoms with Gasteiger partial charge in [-0.1, -0.05) is 6.92 Å². The summed E-state index contributed by atoms with van der Waals surface area (Å²) >= 11 is 1.88. The number of nitrogens with zero attached hydrogens (tertiary/aromatic N) is 3. The highest BCUT2D eigenvalue weighted by Crippen LogP contribution is 2.18. The van der Waals surface area contributed by atoms with Gasteiger partial charge < -0.3 is 15.6 Å². The molecule has 7 heteroatoms. The molecule has 0 atom stereocenters. The van der Waals surface area contributed by atoms with E-state index in [0.29, 0.717) is 11.6 Å². The van der Waals surface area contributed by atoms with Gasteiger partial charge in [0.2, 0.25) is 5.95 Å². The summed E-state index contributed by atoms with van der Waals surface area (Å²) in [7, 11) is 0. The van der Waals surface area contributed by atoms with E-state index in [1.807, 2.05) is 11.8 Å². The fourth-order valence-electron chi connectivity index (χ4n) is 1.86. The Morgan fingerprint density at radius 2 is 2.10 bits per heavy atom. The van der Waals surface area contributed by atoms with E-state index in [1.54, 1.807) is 6.33 Å². The third-order valence-electron chi connectivity index (χ3n) is 2.89. The molecule has 2 aromatic heterocycles. The number of thioether (sulfide) groups is 1. The van der Waals surface area contributed by atoms with Crippen LogP contribution in [0.4, 0.5) is 11.8 Å². The minimum Gasteiger partial charge on any atom is -0.368 e. The number of anilines is 2. The monoisotopic (exact) mass is 294 g/mol. The molecule has 2 rings (SSSR count). The van der Waals surface area contributed by atoms with Crippen molar-refractivity contribution < 1.29 is 0 Å². The summed E-state index contributed by atoms with van der Waals surface area (Å²) in [6.07, 6.45) is 7.18. The molecule has 6 nitrogen and oxygen atoms in total. The number of H-pyrrole nitrogens is 1. The maximum Gasteiger partial charge on any atom is 0.226 e. The van der Waals surface area contributed by atoms with Crippen LogP contribution in [0.1, 0.15) is 26.2 Å². The van der Waals surface area contributed by atoms with E-state index >= 15 is 0 Å². The van der Waals surface area contributed by atoms with Crippen LogP contribution in [-0.2, 0) is 0 Å². The van der Waals surface area contributed by atoms with Gasteiger partial charge in [0.25, 0.3) is 0 Å². The Balaban J connectivity index is 2.03. The summed E-state index contributed by atoms with van der Waals surface area (Å²) in [5.41, 5.74) is 1.57. The van der Waals surface area contributed by atoms with Crippen LogP contribution in [0.5, 0.6) is 0 Å². The van der Waals surface area contributed by atoms with Crippen LogP contribution < -0.4 is 10.6 Å². The molecule has 0 unspecified atom stereocenters. The predicted octanol–water partition coefficient (Wildman–Crippen LogP) is 2.73. The molecule has 0 amide bonds. The van der Waals surface area contributed by atoms with E-state index in [1.165, 1.54) is 12.2 Å². The Kier molecular flexibility index (Phi) is 5.91. The third kappa shape index (κ3) is 4.00. The molecule has 0 aliphatic carbocycles. The summed E-state index contributed by atoms with van der Waals surface area (Å²) < 4.78 is 0. The molecule has 0 aliphatic rings. The molecule has 0 fully saturated rings. The Labute approximate surface area is 123 Å². The van der Waals surface area contributed by atoms with Crippen LogP contribution in [0, 0.1) is 0 Å². The second-order valence-corrected chi connectivity index (χ2v) is 5.54. The summed E-state index contributed by atoms with van der Waals surface area (Å²) in [5, 5.41) is 6.59. The molecule has 3 N–H and O–H groups in total. The number of imidazole rings is 1. The van der Waals surface area contributed by atoms with E-state index in [4.69, 9.17) is 0 Å². The molecule has 110 valence electrons. The van der Waals surface area contributed by atoms with Gasteiger partial charge in [0.1, 0.15) is 5.52 Å². The van der Waals surface area contributed by atoms with E-state index in [0.717, 1.165) is 37.3 Å². The zero-order valence-corrected chi connectivity index (χ0v) is 12.9.